The molecule has 0 aromatic rings. The SMILES string of the molecule is C[C@]12CCC(=O)C=C1CC(C(=O)C=O)[C@@H]1C2=CC[C@@]2(C)[C@H]1CC[C@]2(O)CCC(=O)O. The first-order valence-electron chi connectivity index (χ1n) is 10.9. The number of ketones is 2. The van der Waals surface area contributed by atoms with Crippen LogP contribution in [-0.4, -0.2) is 39.6 Å². The van der Waals surface area contributed by atoms with Gasteiger partial charge in [-0.2, -0.15) is 0 Å². The molecule has 4 aliphatic rings. The zero-order valence-electron chi connectivity index (χ0n) is 17.6. The minimum atomic E-state index is -1.10. The number of Topliss-reactive ketones (excluding diaryl/α,β-unsaturated/α-hetero) is 1. The molecule has 0 aliphatic heterocycles. The Morgan fingerprint density at radius 1 is 1.27 bits per heavy atom. The van der Waals surface area contributed by atoms with Crippen LogP contribution in [0.2, 0.25) is 0 Å². The minimum Gasteiger partial charge on any atom is -0.481 e. The minimum absolute atomic E-state index is 0.00111. The second-order valence-corrected chi connectivity index (χ2v) is 10.2. The van der Waals surface area contributed by atoms with E-state index in [1.807, 2.05) is 6.92 Å². The highest BCUT2D eigenvalue weighted by Gasteiger charge is 2.63. The van der Waals surface area contributed by atoms with E-state index in [9.17, 15) is 24.3 Å². The summed E-state index contributed by atoms with van der Waals surface area (Å²) >= 11 is 0. The molecule has 2 N–H and O–H groups in total. The van der Waals surface area contributed by atoms with E-state index >= 15 is 0 Å². The fourth-order valence-corrected chi connectivity index (χ4v) is 7.05. The van der Waals surface area contributed by atoms with Gasteiger partial charge in [0.2, 0.25) is 0 Å². The highest BCUT2D eigenvalue weighted by Crippen LogP contribution is 2.67. The van der Waals surface area contributed by atoms with Gasteiger partial charge in [-0.05, 0) is 56.4 Å². The number of carboxylic acid groups (broad SMARTS) is 1. The van der Waals surface area contributed by atoms with Crippen molar-refractivity contribution in [3.8, 4) is 0 Å². The number of allylic oxidation sites excluding steroid dienone is 4. The van der Waals surface area contributed by atoms with E-state index < -0.39 is 28.7 Å². The van der Waals surface area contributed by atoms with E-state index in [1.54, 1.807) is 6.08 Å². The molecular formula is C24H30O6. The number of fused-ring (bicyclic) bond motifs is 5. The Hall–Kier alpha value is -2.08. The molecule has 2 fully saturated rings. The van der Waals surface area contributed by atoms with Crippen molar-refractivity contribution in [1.82, 2.24) is 0 Å². The molecule has 2 saturated carbocycles. The van der Waals surface area contributed by atoms with Gasteiger partial charge in [0.15, 0.2) is 17.9 Å². The molecule has 0 spiro atoms. The summed E-state index contributed by atoms with van der Waals surface area (Å²) in [6.45, 7) is 4.15. The predicted octanol–water partition coefficient (Wildman–Crippen LogP) is 3.03. The summed E-state index contributed by atoms with van der Waals surface area (Å²) in [5, 5.41) is 20.6. The molecule has 0 bridgehead atoms. The van der Waals surface area contributed by atoms with Crippen LogP contribution in [0, 0.1) is 28.6 Å². The monoisotopic (exact) mass is 414 g/mol. The number of carboxylic acids is 1. The smallest absolute Gasteiger partial charge is 0.303 e. The Morgan fingerprint density at radius 3 is 2.67 bits per heavy atom. The van der Waals surface area contributed by atoms with E-state index in [1.165, 1.54) is 0 Å². The Kier molecular flexibility index (Phi) is 4.92. The van der Waals surface area contributed by atoms with Gasteiger partial charge >= 0.3 is 5.97 Å². The maximum Gasteiger partial charge on any atom is 0.303 e. The number of carbonyl (C=O) groups is 4. The van der Waals surface area contributed by atoms with Gasteiger partial charge in [0, 0.05) is 29.6 Å². The van der Waals surface area contributed by atoms with Crippen molar-refractivity contribution >= 4 is 23.8 Å². The Balaban J connectivity index is 1.79. The van der Waals surface area contributed by atoms with Crippen molar-refractivity contribution in [1.29, 1.82) is 0 Å². The molecule has 0 amide bonds. The molecule has 0 aromatic heterocycles. The van der Waals surface area contributed by atoms with E-state index in [0.717, 1.165) is 11.1 Å². The number of aliphatic carboxylic acids is 1. The van der Waals surface area contributed by atoms with Crippen LogP contribution >= 0.6 is 0 Å². The summed E-state index contributed by atoms with van der Waals surface area (Å²) in [4.78, 5) is 47.4. The number of hydrogen-bond acceptors (Lipinski definition) is 5. The largest absolute Gasteiger partial charge is 0.481 e. The maximum atomic E-state index is 12.7. The van der Waals surface area contributed by atoms with Crippen molar-refractivity contribution in [2.24, 2.45) is 28.6 Å². The number of hydrogen-bond donors (Lipinski definition) is 2. The van der Waals surface area contributed by atoms with Crippen molar-refractivity contribution in [2.75, 3.05) is 0 Å². The average Bonchev–Trinajstić information content (AvgIpc) is 2.97. The predicted molar refractivity (Wildman–Crippen MR) is 108 cm³/mol. The average molecular weight is 414 g/mol. The van der Waals surface area contributed by atoms with Gasteiger partial charge in [0.25, 0.3) is 0 Å². The maximum absolute atomic E-state index is 12.7. The molecular weight excluding hydrogens is 384 g/mol. The lowest BCUT2D eigenvalue weighted by atomic mass is 9.47. The van der Waals surface area contributed by atoms with Gasteiger partial charge in [-0.15, -0.1) is 0 Å². The number of carbonyl (C=O) groups excluding carboxylic acids is 3. The molecule has 6 heteroatoms. The Labute approximate surface area is 176 Å². The second kappa shape index (κ2) is 6.98. The van der Waals surface area contributed by atoms with Gasteiger partial charge in [0.1, 0.15) is 0 Å². The van der Waals surface area contributed by atoms with Crippen LogP contribution in [0.5, 0.6) is 0 Å². The number of rotatable bonds is 5. The van der Waals surface area contributed by atoms with Gasteiger partial charge in [-0.1, -0.05) is 31.1 Å². The van der Waals surface area contributed by atoms with Gasteiger partial charge in [-0.3, -0.25) is 19.2 Å². The normalized spacial score (nSPS) is 42.4. The van der Waals surface area contributed by atoms with Crippen molar-refractivity contribution in [3.05, 3.63) is 23.3 Å². The van der Waals surface area contributed by atoms with Crippen LogP contribution in [0.25, 0.3) is 0 Å². The van der Waals surface area contributed by atoms with Crippen LogP contribution < -0.4 is 0 Å². The van der Waals surface area contributed by atoms with Crippen LogP contribution in [0.1, 0.15) is 65.2 Å². The topological polar surface area (TPSA) is 109 Å². The molecule has 0 aromatic carbocycles. The van der Waals surface area contributed by atoms with Crippen molar-refractivity contribution in [2.45, 2.75) is 70.8 Å². The van der Waals surface area contributed by atoms with E-state index in [4.69, 9.17) is 5.11 Å². The first kappa shape index (κ1) is 21.2. The van der Waals surface area contributed by atoms with Gasteiger partial charge in [0.05, 0.1) is 5.60 Å². The molecule has 6 nitrogen and oxygen atoms in total. The van der Waals surface area contributed by atoms with Crippen molar-refractivity contribution < 1.29 is 29.4 Å². The third kappa shape index (κ3) is 2.87. The molecule has 162 valence electrons. The van der Waals surface area contributed by atoms with Crippen molar-refractivity contribution in [3.63, 3.8) is 0 Å². The first-order valence-corrected chi connectivity index (χ1v) is 10.9. The highest BCUT2D eigenvalue weighted by molar-refractivity contribution is 6.26. The molecule has 30 heavy (non-hydrogen) atoms. The molecule has 0 saturated heterocycles. The highest BCUT2D eigenvalue weighted by atomic mass is 16.4. The summed E-state index contributed by atoms with van der Waals surface area (Å²) in [6, 6.07) is 0. The first-order chi connectivity index (χ1) is 14.1. The third-order valence-electron chi connectivity index (χ3n) is 8.95. The summed E-state index contributed by atoms with van der Waals surface area (Å²) in [5.41, 5.74) is 0.148. The zero-order valence-corrected chi connectivity index (χ0v) is 17.6. The zero-order chi connectivity index (χ0) is 21.9. The molecule has 0 heterocycles. The second-order valence-electron chi connectivity index (χ2n) is 10.2. The quantitative estimate of drug-likeness (QED) is 0.407. The van der Waals surface area contributed by atoms with Gasteiger partial charge < -0.3 is 10.2 Å². The van der Waals surface area contributed by atoms with E-state index in [2.05, 4.69) is 13.0 Å². The Morgan fingerprint density at radius 2 is 2.00 bits per heavy atom. The fourth-order valence-electron chi connectivity index (χ4n) is 7.05. The number of aldehydes is 1. The lowest BCUT2D eigenvalue weighted by molar-refractivity contribution is -0.142. The van der Waals surface area contributed by atoms with Crippen LogP contribution in [0.4, 0.5) is 0 Å². The molecule has 6 atom stereocenters. The molecule has 4 aliphatic carbocycles. The molecule has 4 rings (SSSR count). The van der Waals surface area contributed by atoms with Crippen LogP contribution in [0.3, 0.4) is 0 Å². The summed E-state index contributed by atoms with van der Waals surface area (Å²) < 4.78 is 0. The van der Waals surface area contributed by atoms with Crippen LogP contribution in [0.15, 0.2) is 23.3 Å². The Bertz CT molecular complexity index is 884. The van der Waals surface area contributed by atoms with E-state index in [-0.39, 0.29) is 35.9 Å². The number of aliphatic hydroxyl groups is 1. The fraction of sp³-hybridized carbons (Fsp3) is 0.667. The summed E-state index contributed by atoms with van der Waals surface area (Å²) in [5.74, 6) is -1.98. The standard InChI is InChI=1S/C24H30O6/c1-22-7-3-15(26)11-14(22)12-16(19(27)13-25)21-17(22)4-8-23(2)18(21)5-9-24(23,30)10-6-20(28)29/h4,11,13,16,18,21,30H,3,5-10,12H2,1-2H3,(H,28,29)/t16?,18-,21+,22-,23-,24-/m0/s1. The van der Waals surface area contributed by atoms with Crippen LogP contribution in [-0.2, 0) is 19.2 Å². The summed E-state index contributed by atoms with van der Waals surface area (Å²) in [7, 11) is 0. The molecule has 0 radical (unpaired) electrons. The third-order valence-corrected chi connectivity index (χ3v) is 8.95. The molecule has 1 unspecified atom stereocenters. The lowest BCUT2D eigenvalue weighted by Gasteiger charge is -2.56. The summed E-state index contributed by atoms with van der Waals surface area (Å²) in [6.07, 6.45) is 7.69. The lowest BCUT2D eigenvalue weighted by Crippen LogP contribution is -2.54. The van der Waals surface area contributed by atoms with Gasteiger partial charge in [-0.25, -0.2) is 0 Å². The van der Waals surface area contributed by atoms with E-state index in [0.29, 0.717) is 44.8 Å².